The van der Waals surface area contributed by atoms with Gasteiger partial charge >= 0.3 is 0 Å². The highest BCUT2D eigenvalue weighted by molar-refractivity contribution is 7.21. The van der Waals surface area contributed by atoms with Crippen molar-refractivity contribution < 1.29 is 4.79 Å². The highest BCUT2D eigenvalue weighted by Crippen LogP contribution is 2.40. The van der Waals surface area contributed by atoms with Crippen molar-refractivity contribution in [3.63, 3.8) is 0 Å². The monoisotopic (exact) mass is 512 g/mol. The minimum Gasteiger partial charge on any atom is -0.364 e. The Morgan fingerprint density at radius 3 is 2.59 bits per heavy atom. The van der Waals surface area contributed by atoms with Crippen molar-refractivity contribution in [2.75, 3.05) is 44.7 Å². The molecule has 1 saturated heterocycles. The van der Waals surface area contributed by atoms with Gasteiger partial charge in [0.2, 0.25) is 0 Å². The maximum Gasteiger partial charge on any atom is 0.266 e. The van der Waals surface area contributed by atoms with E-state index in [1.165, 1.54) is 0 Å². The van der Waals surface area contributed by atoms with Crippen molar-refractivity contribution in [2.24, 2.45) is 0 Å². The molecule has 0 aliphatic carbocycles. The summed E-state index contributed by atoms with van der Waals surface area (Å²) in [5.74, 6) is 0.136. The number of aromatic nitrogens is 2. The molecule has 3 heterocycles. The largest absolute Gasteiger partial charge is 0.364 e. The van der Waals surface area contributed by atoms with Gasteiger partial charge in [0.1, 0.15) is 4.88 Å². The van der Waals surface area contributed by atoms with E-state index < -0.39 is 0 Å². The molecule has 5 rings (SSSR count). The molecule has 0 bridgehead atoms. The molecule has 1 fully saturated rings. The summed E-state index contributed by atoms with van der Waals surface area (Å²) >= 11 is 1.61. The third-order valence-electron chi connectivity index (χ3n) is 6.95. The maximum atomic E-state index is 13.8. The zero-order chi connectivity index (χ0) is 25.8. The number of nitrogens with zero attached hydrogens (tertiary/aromatic N) is 6. The molecule has 0 spiro atoms. The van der Waals surface area contributed by atoms with Crippen LogP contribution in [0.1, 0.15) is 39.8 Å². The Morgan fingerprint density at radius 1 is 1.11 bits per heavy atom. The molecule has 8 heteroatoms. The molecule has 0 unspecified atom stereocenters. The first kappa shape index (κ1) is 25.0. The van der Waals surface area contributed by atoms with Crippen molar-refractivity contribution in [1.82, 2.24) is 19.4 Å². The van der Waals surface area contributed by atoms with Crippen molar-refractivity contribution in [3.05, 3.63) is 82.8 Å². The number of benzene rings is 2. The van der Waals surface area contributed by atoms with E-state index in [9.17, 15) is 4.79 Å². The highest BCUT2D eigenvalue weighted by atomic mass is 32.1. The molecule has 0 radical (unpaired) electrons. The van der Waals surface area contributed by atoms with Gasteiger partial charge in [-0.15, -0.1) is 11.3 Å². The Balaban J connectivity index is 1.47. The van der Waals surface area contributed by atoms with Gasteiger partial charge in [-0.25, -0.2) is 4.98 Å². The number of fused-ring (bicyclic) bond motifs is 1. The van der Waals surface area contributed by atoms with E-state index in [1.54, 1.807) is 11.3 Å². The standard InChI is InChI=1S/C29H32N6OS/c1-3-12-34(20-24-18-31-21-35(24)19-23-10-8-22(17-30)9-11-23)27-25-6-4-5-7-26(25)37-28(27)29(36)33-15-13-32(2)14-16-33/h4-11,18,21H,3,12-16,19-20H2,1-2H3. The number of carbonyl (C=O) groups is 1. The lowest BCUT2D eigenvalue weighted by Crippen LogP contribution is -2.47. The van der Waals surface area contributed by atoms with E-state index in [4.69, 9.17) is 5.26 Å². The van der Waals surface area contributed by atoms with Gasteiger partial charge in [0.15, 0.2) is 0 Å². The zero-order valence-electron chi connectivity index (χ0n) is 21.4. The average Bonchev–Trinajstić information content (AvgIpc) is 3.53. The minimum absolute atomic E-state index is 0.136. The molecular weight excluding hydrogens is 480 g/mol. The molecule has 1 amide bonds. The van der Waals surface area contributed by atoms with E-state index in [0.717, 1.165) is 71.1 Å². The van der Waals surface area contributed by atoms with Crippen LogP contribution in [-0.4, -0.2) is 65.0 Å². The molecule has 7 nitrogen and oxygen atoms in total. The second-order valence-electron chi connectivity index (χ2n) is 9.61. The molecule has 37 heavy (non-hydrogen) atoms. The van der Waals surface area contributed by atoms with Crippen LogP contribution >= 0.6 is 11.3 Å². The van der Waals surface area contributed by atoms with Crippen LogP contribution in [0.25, 0.3) is 10.1 Å². The molecule has 1 aliphatic heterocycles. The Hall–Kier alpha value is -3.67. The fourth-order valence-corrected chi connectivity index (χ4v) is 6.08. The Morgan fingerprint density at radius 2 is 1.86 bits per heavy atom. The number of piperazine rings is 1. The number of thiophene rings is 1. The topological polar surface area (TPSA) is 68.4 Å². The summed E-state index contributed by atoms with van der Waals surface area (Å²) in [6.07, 6.45) is 4.75. The van der Waals surface area contributed by atoms with Gasteiger partial charge in [0.05, 0.1) is 35.9 Å². The zero-order valence-corrected chi connectivity index (χ0v) is 22.2. The van der Waals surface area contributed by atoms with Crippen molar-refractivity contribution in [2.45, 2.75) is 26.4 Å². The van der Waals surface area contributed by atoms with Crippen LogP contribution in [-0.2, 0) is 13.1 Å². The molecule has 190 valence electrons. The fourth-order valence-electron chi connectivity index (χ4n) is 4.88. The number of likely N-dealkylation sites (N-methyl/N-ethyl adjacent to an activating group) is 1. The van der Waals surface area contributed by atoms with Gasteiger partial charge in [0.25, 0.3) is 5.91 Å². The van der Waals surface area contributed by atoms with Crippen molar-refractivity contribution in [3.8, 4) is 6.07 Å². The van der Waals surface area contributed by atoms with Crippen molar-refractivity contribution >= 4 is 33.0 Å². The number of imidazole rings is 1. The highest BCUT2D eigenvalue weighted by Gasteiger charge is 2.28. The predicted molar refractivity (Wildman–Crippen MR) is 149 cm³/mol. The fraction of sp³-hybridized carbons (Fsp3) is 0.345. The molecule has 0 N–H and O–H groups in total. The lowest BCUT2D eigenvalue weighted by molar-refractivity contribution is 0.0669. The SMILES string of the molecule is CCCN(Cc1cncn1Cc1ccc(C#N)cc1)c1c(C(=O)N2CCN(C)CC2)sc2ccccc12. The maximum absolute atomic E-state index is 13.8. The lowest BCUT2D eigenvalue weighted by Gasteiger charge is -2.33. The molecule has 2 aromatic carbocycles. The number of hydrogen-bond donors (Lipinski definition) is 0. The summed E-state index contributed by atoms with van der Waals surface area (Å²) < 4.78 is 3.29. The van der Waals surface area contributed by atoms with Crippen LogP contribution in [0, 0.1) is 11.3 Å². The van der Waals surface area contributed by atoms with Crippen LogP contribution in [0.4, 0.5) is 5.69 Å². The minimum atomic E-state index is 0.136. The molecule has 4 aromatic rings. The third-order valence-corrected chi connectivity index (χ3v) is 8.10. The van der Waals surface area contributed by atoms with Crippen LogP contribution in [0.2, 0.25) is 0 Å². The third kappa shape index (κ3) is 5.38. The first-order valence-corrected chi connectivity index (χ1v) is 13.6. The van der Waals surface area contributed by atoms with E-state index in [2.05, 4.69) is 57.6 Å². The first-order valence-electron chi connectivity index (χ1n) is 12.8. The second-order valence-corrected chi connectivity index (χ2v) is 10.7. The summed E-state index contributed by atoms with van der Waals surface area (Å²) in [6, 6.07) is 18.2. The molecule has 0 atom stereocenters. The van der Waals surface area contributed by atoms with Gasteiger partial charge in [0, 0.05) is 55.6 Å². The lowest BCUT2D eigenvalue weighted by atomic mass is 10.1. The van der Waals surface area contributed by atoms with Gasteiger partial charge in [-0.05, 0) is 37.2 Å². The quantitative estimate of drug-likeness (QED) is 0.339. The van der Waals surface area contributed by atoms with E-state index >= 15 is 0 Å². The normalized spacial score (nSPS) is 14.1. The summed E-state index contributed by atoms with van der Waals surface area (Å²) in [7, 11) is 2.11. The van der Waals surface area contributed by atoms with Crippen LogP contribution < -0.4 is 4.90 Å². The van der Waals surface area contributed by atoms with Crippen LogP contribution in [0.3, 0.4) is 0 Å². The Kier molecular flexibility index (Phi) is 7.54. The average molecular weight is 513 g/mol. The predicted octanol–water partition coefficient (Wildman–Crippen LogP) is 4.82. The second kappa shape index (κ2) is 11.2. The Labute approximate surface area is 222 Å². The number of amides is 1. The summed E-state index contributed by atoms with van der Waals surface area (Å²) in [4.78, 5) is 25.7. The number of hydrogen-bond acceptors (Lipinski definition) is 6. The summed E-state index contributed by atoms with van der Waals surface area (Å²) in [6.45, 7) is 7.68. The van der Waals surface area contributed by atoms with E-state index in [1.807, 2.05) is 47.8 Å². The number of anilines is 1. The number of rotatable bonds is 8. The van der Waals surface area contributed by atoms with E-state index in [0.29, 0.717) is 18.7 Å². The van der Waals surface area contributed by atoms with Crippen LogP contribution in [0.5, 0.6) is 0 Å². The van der Waals surface area contributed by atoms with Crippen LogP contribution in [0.15, 0.2) is 61.1 Å². The summed E-state index contributed by atoms with van der Waals surface area (Å²) in [5.41, 5.74) is 3.90. The van der Waals surface area contributed by atoms with E-state index in [-0.39, 0.29) is 5.91 Å². The molecular formula is C29H32N6OS. The Bertz CT molecular complexity index is 1410. The summed E-state index contributed by atoms with van der Waals surface area (Å²) in [5, 5.41) is 10.2. The number of carbonyl (C=O) groups excluding carboxylic acids is 1. The first-order chi connectivity index (χ1) is 18.1. The van der Waals surface area contributed by atoms with Gasteiger partial charge in [-0.1, -0.05) is 37.3 Å². The molecule has 2 aromatic heterocycles. The smallest absolute Gasteiger partial charge is 0.266 e. The van der Waals surface area contributed by atoms with Gasteiger partial charge < -0.3 is 19.3 Å². The van der Waals surface area contributed by atoms with Crippen molar-refractivity contribution in [1.29, 1.82) is 5.26 Å². The van der Waals surface area contributed by atoms with Gasteiger partial charge in [-0.3, -0.25) is 4.79 Å². The molecule has 0 saturated carbocycles. The van der Waals surface area contributed by atoms with Gasteiger partial charge in [-0.2, -0.15) is 5.26 Å². The molecule has 1 aliphatic rings. The number of nitriles is 1.